The minimum Gasteiger partial charge on any atom is -0.372 e. The molecule has 4 heterocycles. The fourth-order valence-electron chi connectivity index (χ4n) is 4.37. The number of pyridine rings is 1. The highest BCUT2D eigenvalue weighted by Crippen LogP contribution is 2.28. The molecule has 0 saturated carbocycles. The Bertz CT molecular complexity index is 959. The van der Waals surface area contributed by atoms with Crippen molar-refractivity contribution in [3.63, 3.8) is 0 Å². The molecule has 1 unspecified atom stereocenters. The van der Waals surface area contributed by atoms with Gasteiger partial charge in [0.05, 0.1) is 11.2 Å². The number of piperidine rings is 1. The molecule has 0 spiro atoms. The first kappa shape index (κ1) is 18.3. The van der Waals surface area contributed by atoms with E-state index in [1.165, 1.54) is 31.4 Å². The highest BCUT2D eigenvalue weighted by molar-refractivity contribution is 5.88. The number of nitrogens with zero attached hydrogens (tertiary/aromatic N) is 4. The number of nitrogens with one attached hydrogen (secondary N) is 2. The van der Waals surface area contributed by atoms with Crippen molar-refractivity contribution in [3.05, 3.63) is 42.7 Å². The predicted molar refractivity (Wildman–Crippen MR) is 118 cm³/mol. The van der Waals surface area contributed by atoms with Crippen molar-refractivity contribution < 1.29 is 0 Å². The molecule has 1 aromatic carbocycles. The first-order valence-electron chi connectivity index (χ1n) is 10.8. The molecule has 0 amide bonds. The lowest BCUT2D eigenvalue weighted by Crippen LogP contribution is -2.29. The average Bonchev–Trinajstić information content (AvgIpc) is 3.32. The number of hydrogen-bond donors (Lipinski definition) is 2. The molecule has 0 bridgehead atoms. The largest absolute Gasteiger partial charge is 0.372 e. The SMILES string of the molecule is c1cnc2c(NCC3CCNC3)nc(-c3ccc(N4CCCCC4)cc3)cc2n1. The Morgan fingerprint density at radius 2 is 1.86 bits per heavy atom. The molecule has 150 valence electrons. The first-order valence-corrected chi connectivity index (χ1v) is 10.8. The van der Waals surface area contributed by atoms with Gasteiger partial charge in [-0.15, -0.1) is 0 Å². The molecule has 2 aliphatic heterocycles. The van der Waals surface area contributed by atoms with Gasteiger partial charge in [0.15, 0.2) is 5.82 Å². The topological polar surface area (TPSA) is 66.0 Å². The second-order valence-corrected chi connectivity index (χ2v) is 8.11. The minimum absolute atomic E-state index is 0.635. The summed E-state index contributed by atoms with van der Waals surface area (Å²) in [6.07, 6.45) is 8.61. The second-order valence-electron chi connectivity index (χ2n) is 8.11. The van der Waals surface area contributed by atoms with Gasteiger partial charge in [0.25, 0.3) is 0 Å². The summed E-state index contributed by atoms with van der Waals surface area (Å²) in [5.41, 5.74) is 5.08. The smallest absolute Gasteiger partial charge is 0.154 e. The van der Waals surface area contributed by atoms with E-state index in [0.29, 0.717) is 5.92 Å². The van der Waals surface area contributed by atoms with Crippen LogP contribution in [0.5, 0.6) is 0 Å². The van der Waals surface area contributed by atoms with E-state index >= 15 is 0 Å². The molecule has 6 nitrogen and oxygen atoms in total. The maximum Gasteiger partial charge on any atom is 0.154 e. The van der Waals surface area contributed by atoms with Gasteiger partial charge in [-0.3, -0.25) is 4.98 Å². The Kier molecular flexibility index (Phi) is 5.26. The first-order chi connectivity index (χ1) is 14.4. The fraction of sp³-hybridized carbons (Fsp3) is 0.435. The molecule has 2 saturated heterocycles. The normalized spacial score (nSPS) is 19.6. The van der Waals surface area contributed by atoms with Crippen molar-refractivity contribution >= 4 is 22.5 Å². The number of hydrogen-bond acceptors (Lipinski definition) is 6. The Balaban J connectivity index is 1.43. The van der Waals surface area contributed by atoms with E-state index < -0.39 is 0 Å². The molecule has 3 aromatic rings. The lowest BCUT2D eigenvalue weighted by molar-refractivity contribution is 0.578. The van der Waals surface area contributed by atoms with E-state index in [4.69, 9.17) is 4.98 Å². The number of anilines is 2. The molecule has 0 radical (unpaired) electrons. The van der Waals surface area contributed by atoms with Gasteiger partial charge in [-0.05, 0) is 62.9 Å². The van der Waals surface area contributed by atoms with Crippen LogP contribution in [0.15, 0.2) is 42.7 Å². The van der Waals surface area contributed by atoms with Crippen LogP contribution in [-0.2, 0) is 0 Å². The maximum atomic E-state index is 4.93. The third kappa shape index (κ3) is 4.03. The van der Waals surface area contributed by atoms with Crippen LogP contribution in [0.25, 0.3) is 22.3 Å². The molecular formula is C23H28N6. The highest BCUT2D eigenvalue weighted by atomic mass is 15.1. The van der Waals surface area contributed by atoms with Crippen LogP contribution in [-0.4, -0.2) is 47.7 Å². The van der Waals surface area contributed by atoms with Crippen LogP contribution in [0.3, 0.4) is 0 Å². The zero-order chi connectivity index (χ0) is 19.5. The number of rotatable bonds is 5. The molecular weight excluding hydrogens is 360 g/mol. The lowest BCUT2D eigenvalue weighted by Gasteiger charge is -2.28. The van der Waals surface area contributed by atoms with Gasteiger partial charge >= 0.3 is 0 Å². The highest BCUT2D eigenvalue weighted by Gasteiger charge is 2.16. The summed E-state index contributed by atoms with van der Waals surface area (Å²) < 4.78 is 0. The quantitative estimate of drug-likeness (QED) is 0.695. The van der Waals surface area contributed by atoms with E-state index in [1.54, 1.807) is 12.4 Å². The third-order valence-corrected chi connectivity index (χ3v) is 6.06. The van der Waals surface area contributed by atoms with Crippen LogP contribution in [0.2, 0.25) is 0 Å². The van der Waals surface area contributed by atoms with Gasteiger partial charge in [0.2, 0.25) is 0 Å². The average molecular weight is 389 g/mol. The van der Waals surface area contributed by atoms with Gasteiger partial charge in [-0.2, -0.15) is 0 Å². The fourth-order valence-corrected chi connectivity index (χ4v) is 4.37. The number of fused-ring (bicyclic) bond motifs is 1. The van der Waals surface area contributed by atoms with Crippen LogP contribution < -0.4 is 15.5 Å². The van der Waals surface area contributed by atoms with Gasteiger partial charge < -0.3 is 15.5 Å². The summed E-state index contributed by atoms with van der Waals surface area (Å²) in [6.45, 7) is 5.39. The Labute approximate surface area is 171 Å². The van der Waals surface area contributed by atoms with Gasteiger partial charge in [-0.25, -0.2) is 9.97 Å². The summed E-state index contributed by atoms with van der Waals surface area (Å²) in [4.78, 5) is 16.5. The molecule has 2 fully saturated rings. The van der Waals surface area contributed by atoms with Crippen molar-refractivity contribution in [1.29, 1.82) is 0 Å². The summed E-state index contributed by atoms with van der Waals surface area (Å²) in [7, 11) is 0. The predicted octanol–water partition coefficient (Wildman–Crippen LogP) is 3.70. The molecule has 1 atom stereocenters. The Morgan fingerprint density at radius 1 is 1.03 bits per heavy atom. The summed E-state index contributed by atoms with van der Waals surface area (Å²) >= 11 is 0. The minimum atomic E-state index is 0.635. The van der Waals surface area contributed by atoms with E-state index in [1.807, 2.05) is 6.07 Å². The molecule has 6 heteroatoms. The van der Waals surface area contributed by atoms with Crippen molar-refractivity contribution in [3.8, 4) is 11.3 Å². The Hall–Kier alpha value is -2.73. The van der Waals surface area contributed by atoms with Crippen LogP contribution in [0.1, 0.15) is 25.7 Å². The lowest BCUT2D eigenvalue weighted by atomic mass is 10.1. The van der Waals surface area contributed by atoms with E-state index in [-0.39, 0.29) is 0 Å². The van der Waals surface area contributed by atoms with Crippen molar-refractivity contribution in [2.24, 2.45) is 5.92 Å². The van der Waals surface area contributed by atoms with E-state index in [2.05, 4.69) is 49.8 Å². The van der Waals surface area contributed by atoms with Crippen LogP contribution >= 0.6 is 0 Å². The van der Waals surface area contributed by atoms with Crippen LogP contribution in [0.4, 0.5) is 11.5 Å². The summed E-state index contributed by atoms with van der Waals surface area (Å²) in [6, 6.07) is 10.8. The van der Waals surface area contributed by atoms with Crippen molar-refractivity contribution in [2.75, 3.05) is 42.9 Å². The van der Waals surface area contributed by atoms with Gasteiger partial charge in [-0.1, -0.05) is 12.1 Å². The summed E-state index contributed by atoms with van der Waals surface area (Å²) in [5.74, 6) is 1.47. The summed E-state index contributed by atoms with van der Waals surface area (Å²) in [5, 5.41) is 6.96. The maximum absolute atomic E-state index is 4.93. The molecule has 2 aliphatic rings. The molecule has 2 N–H and O–H groups in total. The zero-order valence-corrected chi connectivity index (χ0v) is 16.8. The Morgan fingerprint density at radius 3 is 2.66 bits per heavy atom. The second kappa shape index (κ2) is 8.33. The van der Waals surface area contributed by atoms with E-state index in [9.17, 15) is 0 Å². The third-order valence-electron chi connectivity index (χ3n) is 6.06. The molecule has 0 aliphatic carbocycles. The monoisotopic (exact) mass is 388 g/mol. The van der Waals surface area contributed by atoms with E-state index in [0.717, 1.165) is 60.8 Å². The number of benzene rings is 1. The van der Waals surface area contributed by atoms with Crippen LogP contribution in [0, 0.1) is 5.92 Å². The van der Waals surface area contributed by atoms with Crippen molar-refractivity contribution in [1.82, 2.24) is 20.3 Å². The van der Waals surface area contributed by atoms with Crippen molar-refractivity contribution in [2.45, 2.75) is 25.7 Å². The molecule has 29 heavy (non-hydrogen) atoms. The standard InChI is InChI=1S/C23H28N6/c1-2-12-29(13-3-1)19-6-4-18(5-7-19)20-14-21-22(26-11-10-25-21)23(28-20)27-16-17-8-9-24-15-17/h4-7,10-11,14,17,24H,1-3,8-9,12-13,15-16H2,(H,27,28). The molecule has 2 aromatic heterocycles. The van der Waals surface area contributed by atoms with Gasteiger partial charge in [0.1, 0.15) is 5.52 Å². The number of aromatic nitrogens is 3. The van der Waals surface area contributed by atoms with Gasteiger partial charge in [0, 0.05) is 43.3 Å². The zero-order valence-electron chi connectivity index (χ0n) is 16.8. The molecule has 5 rings (SSSR count).